The van der Waals surface area contributed by atoms with E-state index in [1.165, 1.54) is 32.3 Å². The summed E-state index contributed by atoms with van der Waals surface area (Å²) in [5.41, 5.74) is -2.66. The molecule has 0 radical (unpaired) electrons. The lowest BCUT2D eigenvalue weighted by atomic mass is 9.76. The number of alkyl halides is 1. The van der Waals surface area contributed by atoms with E-state index in [9.17, 15) is 28.4 Å². The second kappa shape index (κ2) is 9.34. The van der Waals surface area contributed by atoms with Gasteiger partial charge in [-0.3, -0.25) is 28.9 Å². The van der Waals surface area contributed by atoms with Crippen molar-refractivity contribution in [3.63, 3.8) is 0 Å². The second-order valence-corrected chi connectivity index (χ2v) is 10.3. The van der Waals surface area contributed by atoms with Gasteiger partial charge in [0.05, 0.1) is 16.6 Å². The summed E-state index contributed by atoms with van der Waals surface area (Å²) in [7, 11) is 2.79. The Morgan fingerprint density at radius 1 is 1.19 bits per heavy atom. The van der Waals surface area contributed by atoms with E-state index in [1.807, 2.05) is 0 Å². The summed E-state index contributed by atoms with van der Waals surface area (Å²) in [6, 6.07) is 2.35. The molecule has 1 aromatic carbocycles. The van der Waals surface area contributed by atoms with Crippen molar-refractivity contribution in [2.75, 3.05) is 20.6 Å². The average Bonchev–Trinajstić information content (AvgIpc) is 3.03. The fraction of sp³-hybridized carbons (Fsp3) is 0.478. The minimum Gasteiger partial charge on any atom is -0.350 e. The van der Waals surface area contributed by atoms with Gasteiger partial charge in [-0.1, -0.05) is 6.07 Å². The Kier molecular flexibility index (Phi) is 6.71. The highest BCUT2D eigenvalue weighted by Crippen LogP contribution is 2.44. The SMILES string of the molecule is CN(C)C(=O)C(=O)NC12CCC(F)(CC1)CN1C(=O)C(=O)C(C(=O)NCc3ccc(F)c(Br)c3)N=C12. The maximum absolute atomic E-state index is 15.4. The molecule has 2 bridgehead atoms. The summed E-state index contributed by atoms with van der Waals surface area (Å²) in [6.07, 6.45) is 0.00284. The van der Waals surface area contributed by atoms with Crippen LogP contribution >= 0.6 is 15.9 Å². The number of aliphatic imine (C=N–C) groups is 1. The molecule has 3 fully saturated rings. The fourth-order valence-corrected chi connectivity index (χ4v) is 5.11. The van der Waals surface area contributed by atoms with Gasteiger partial charge in [0.25, 0.3) is 17.6 Å². The van der Waals surface area contributed by atoms with Crippen molar-refractivity contribution < 1.29 is 32.8 Å². The number of benzene rings is 1. The molecule has 1 aromatic rings. The van der Waals surface area contributed by atoms with Gasteiger partial charge >= 0.3 is 11.8 Å². The van der Waals surface area contributed by atoms with Crippen LogP contribution in [0.3, 0.4) is 0 Å². The van der Waals surface area contributed by atoms with Gasteiger partial charge in [-0.2, -0.15) is 0 Å². The lowest BCUT2D eigenvalue weighted by molar-refractivity contribution is -0.146. The molecule has 1 atom stereocenters. The number of amides is 4. The minimum atomic E-state index is -1.79. The van der Waals surface area contributed by atoms with Crippen LogP contribution in [-0.2, 0) is 30.5 Å². The first-order valence-electron chi connectivity index (χ1n) is 11.2. The number of nitrogens with zero attached hydrogens (tertiary/aromatic N) is 3. The predicted octanol–water partition coefficient (Wildman–Crippen LogP) is 0.622. The van der Waals surface area contributed by atoms with Crippen molar-refractivity contribution in [3.8, 4) is 0 Å². The predicted molar refractivity (Wildman–Crippen MR) is 126 cm³/mol. The van der Waals surface area contributed by atoms with Gasteiger partial charge in [-0.05, 0) is 59.3 Å². The van der Waals surface area contributed by atoms with Crippen molar-refractivity contribution in [1.29, 1.82) is 0 Å². The van der Waals surface area contributed by atoms with E-state index < -0.39 is 59.0 Å². The van der Waals surface area contributed by atoms with E-state index in [2.05, 4.69) is 31.6 Å². The highest BCUT2D eigenvalue weighted by atomic mass is 79.9. The second-order valence-electron chi connectivity index (χ2n) is 9.46. The standard InChI is InChI=1S/C23H24BrF2N5O5/c1-30(2)20(36)18(34)29-23-7-5-22(26,6-8-23)11-31-19(35)16(32)15(28-21(23)31)17(33)27-10-12-3-4-14(25)13(24)9-12/h3-4,9,15H,5-8,10-11H2,1-2H3,(H,27,33)(H,29,34). The first-order valence-corrected chi connectivity index (χ1v) is 12.0. The number of hydrogen-bond donors (Lipinski definition) is 2. The van der Waals surface area contributed by atoms with Crippen LogP contribution in [0.2, 0.25) is 0 Å². The number of carbonyl (C=O) groups excluding carboxylic acids is 5. The third-order valence-corrected chi connectivity index (χ3v) is 7.34. The van der Waals surface area contributed by atoms with Crippen molar-refractivity contribution in [1.82, 2.24) is 20.4 Å². The van der Waals surface area contributed by atoms with Crippen LogP contribution in [0.5, 0.6) is 0 Å². The van der Waals surface area contributed by atoms with Crippen LogP contribution < -0.4 is 10.6 Å². The maximum atomic E-state index is 15.4. The molecule has 4 aliphatic rings. The lowest BCUT2D eigenvalue weighted by Gasteiger charge is -2.40. The van der Waals surface area contributed by atoms with Gasteiger partial charge in [-0.25, -0.2) is 13.8 Å². The first-order chi connectivity index (χ1) is 16.9. The Morgan fingerprint density at radius 2 is 1.86 bits per heavy atom. The summed E-state index contributed by atoms with van der Waals surface area (Å²) in [5.74, 6) is -5.52. The largest absolute Gasteiger partial charge is 0.350 e. The zero-order valence-electron chi connectivity index (χ0n) is 19.6. The summed E-state index contributed by atoms with van der Waals surface area (Å²) < 4.78 is 29.1. The molecule has 1 unspecified atom stereocenters. The molecule has 192 valence electrons. The van der Waals surface area contributed by atoms with E-state index >= 15 is 4.39 Å². The van der Waals surface area contributed by atoms with Gasteiger partial charge in [0.1, 0.15) is 17.3 Å². The molecule has 2 saturated heterocycles. The smallest absolute Gasteiger partial charge is 0.311 e. The summed E-state index contributed by atoms with van der Waals surface area (Å²) in [6.45, 7) is -0.509. The normalized spacial score (nSPS) is 27.1. The topological polar surface area (TPSA) is 128 Å². The minimum absolute atomic E-state index is 0.0310. The van der Waals surface area contributed by atoms with E-state index in [4.69, 9.17) is 0 Å². The quantitative estimate of drug-likeness (QED) is 0.407. The molecule has 0 aromatic heterocycles. The zero-order valence-corrected chi connectivity index (χ0v) is 21.2. The van der Waals surface area contributed by atoms with Gasteiger partial charge in [-0.15, -0.1) is 0 Å². The number of fused-ring (bicyclic) bond motifs is 2. The zero-order chi connectivity index (χ0) is 26.4. The molecule has 1 aliphatic carbocycles. The monoisotopic (exact) mass is 567 g/mol. The van der Waals surface area contributed by atoms with E-state index in [1.54, 1.807) is 0 Å². The number of hydrogen-bond acceptors (Lipinski definition) is 6. The van der Waals surface area contributed by atoms with E-state index in [0.717, 1.165) is 9.80 Å². The molecule has 3 heterocycles. The van der Waals surface area contributed by atoms with Crippen molar-refractivity contribution >= 4 is 51.2 Å². The van der Waals surface area contributed by atoms with E-state index in [-0.39, 0.29) is 42.5 Å². The molecule has 5 rings (SSSR count). The van der Waals surface area contributed by atoms with Crippen molar-refractivity contribution in [2.45, 2.75) is 49.5 Å². The Labute approximate surface area is 213 Å². The summed E-state index contributed by atoms with van der Waals surface area (Å²) in [4.78, 5) is 69.9. The number of carbonyl (C=O) groups is 5. The van der Waals surface area contributed by atoms with Gasteiger partial charge < -0.3 is 15.5 Å². The highest BCUT2D eigenvalue weighted by Gasteiger charge is 2.58. The number of rotatable bonds is 4. The Bertz CT molecular complexity index is 1200. The first kappa shape index (κ1) is 25.9. The third kappa shape index (κ3) is 4.63. The maximum Gasteiger partial charge on any atom is 0.311 e. The fourth-order valence-electron chi connectivity index (χ4n) is 4.68. The van der Waals surface area contributed by atoms with Crippen molar-refractivity contribution in [3.05, 3.63) is 34.1 Å². The molecule has 3 aliphatic heterocycles. The number of halogens is 3. The number of likely N-dealkylation sites (N-methyl/N-ethyl adjacent to an activating group) is 1. The molecule has 13 heteroatoms. The lowest BCUT2D eigenvalue weighted by Crippen LogP contribution is -2.65. The Balaban J connectivity index is 1.65. The molecule has 2 N–H and O–H groups in total. The van der Waals surface area contributed by atoms with E-state index in [0.29, 0.717) is 5.56 Å². The van der Waals surface area contributed by atoms with Crippen LogP contribution in [0, 0.1) is 5.82 Å². The molecule has 1 saturated carbocycles. The van der Waals surface area contributed by atoms with Crippen LogP contribution in [-0.4, -0.2) is 82.9 Å². The molecular formula is C23H24BrF2N5O5. The number of Topliss-reactive ketones (excluding diaryl/α,β-unsaturated/α-hetero) is 1. The molecular weight excluding hydrogens is 544 g/mol. The van der Waals surface area contributed by atoms with Crippen molar-refractivity contribution in [2.24, 2.45) is 4.99 Å². The third-order valence-electron chi connectivity index (χ3n) is 6.73. The number of ketones is 1. The highest BCUT2D eigenvalue weighted by molar-refractivity contribution is 9.10. The average molecular weight is 568 g/mol. The van der Waals surface area contributed by atoms with Gasteiger partial charge in [0, 0.05) is 20.6 Å². The summed E-state index contributed by atoms with van der Waals surface area (Å²) >= 11 is 3.05. The Morgan fingerprint density at radius 3 is 2.47 bits per heavy atom. The molecule has 4 amide bonds. The van der Waals surface area contributed by atoms with Crippen LogP contribution in [0.15, 0.2) is 27.7 Å². The van der Waals surface area contributed by atoms with Crippen LogP contribution in [0.4, 0.5) is 8.78 Å². The molecule has 10 nitrogen and oxygen atoms in total. The van der Waals surface area contributed by atoms with Gasteiger partial charge in [0.2, 0.25) is 0 Å². The van der Waals surface area contributed by atoms with Crippen LogP contribution in [0.1, 0.15) is 31.2 Å². The van der Waals surface area contributed by atoms with Gasteiger partial charge in [0.15, 0.2) is 6.04 Å². The number of nitrogens with one attached hydrogen (secondary N) is 2. The number of amidine groups is 1. The summed E-state index contributed by atoms with van der Waals surface area (Å²) in [5, 5.41) is 5.13. The molecule has 36 heavy (non-hydrogen) atoms. The van der Waals surface area contributed by atoms with Crippen LogP contribution in [0.25, 0.3) is 0 Å². The Hall–Kier alpha value is -3.22. The molecule has 0 spiro atoms.